The van der Waals surface area contributed by atoms with E-state index >= 15 is 0 Å². The number of aromatic nitrogens is 2. The predicted octanol–water partition coefficient (Wildman–Crippen LogP) is 2.44. The van der Waals surface area contributed by atoms with Crippen molar-refractivity contribution in [1.29, 1.82) is 0 Å². The molecular formula is C11H8ClFN2O. The van der Waals surface area contributed by atoms with Gasteiger partial charge in [-0.1, -0.05) is 17.7 Å². The lowest BCUT2D eigenvalue weighted by atomic mass is 10.1. The number of halogens is 2. The highest BCUT2D eigenvalue weighted by Crippen LogP contribution is 2.21. The molecule has 1 aromatic carbocycles. The highest BCUT2D eigenvalue weighted by atomic mass is 35.5. The molecule has 0 unspecified atom stereocenters. The molecule has 0 spiro atoms. The second-order valence-electron chi connectivity index (χ2n) is 3.29. The summed E-state index contributed by atoms with van der Waals surface area (Å²) in [4.78, 5) is 15.8. The van der Waals surface area contributed by atoms with E-state index in [1.807, 2.05) is 0 Å². The van der Waals surface area contributed by atoms with Gasteiger partial charge in [-0.05, 0) is 12.1 Å². The zero-order valence-electron chi connectivity index (χ0n) is 8.45. The summed E-state index contributed by atoms with van der Waals surface area (Å²) in [5, 5.41) is 0.0907. The Balaban J connectivity index is 2.54. The van der Waals surface area contributed by atoms with Gasteiger partial charge in [0.15, 0.2) is 5.82 Å². The van der Waals surface area contributed by atoms with E-state index in [0.717, 1.165) is 0 Å². The number of carbonyl (C=O) groups excluding carboxylic acids is 1. The van der Waals surface area contributed by atoms with Crippen LogP contribution in [0.2, 0.25) is 5.02 Å². The lowest BCUT2D eigenvalue weighted by Crippen LogP contribution is -2.11. The molecule has 0 N–H and O–H groups in total. The van der Waals surface area contributed by atoms with Gasteiger partial charge in [0.2, 0.25) is 5.78 Å². The molecule has 0 aliphatic rings. The first-order valence-corrected chi connectivity index (χ1v) is 4.95. The second-order valence-corrected chi connectivity index (χ2v) is 3.69. The average Bonchev–Trinajstić information content (AvgIpc) is 2.64. The summed E-state index contributed by atoms with van der Waals surface area (Å²) < 4.78 is 15.0. The van der Waals surface area contributed by atoms with Crippen molar-refractivity contribution in [3.05, 3.63) is 52.8 Å². The Labute approximate surface area is 96.5 Å². The van der Waals surface area contributed by atoms with E-state index in [9.17, 15) is 9.18 Å². The van der Waals surface area contributed by atoms with Crippen LogP contribution in [0.5, 0.6) is 0 Å². The number of imidazole rings is 1. The summed E-state index contributed by atoms with van der Waals surface area (Å²) in [6, 6.07) is 4.12. The van der Waals surface area contributed by atoms with E-state index in [0.29, 0.717) is 0 Å². The Hall–Kier alpha value is -1.68. The van der Waals surface area contributed by atoms with Crippen molar-refractivity contribution in [2.75, 3.05) is 0 Å². The van der Waals surface area contributed by atoms with Crippen LogP contribution in [0.25, 0.3) is 0 Å². The molecule has 0 radical (unpaired) electrons. The molecule has 2 aromatic rings. The van der Waals surface area contributed by atoms with E-state index in [4.69, 9.17) is 11.6 Å². The van der Waals surface area contributed by atoms with Crippen molar-refractivity contribution in [2.24, 2.45) is 7.05 Å². The molecule has 0 fully saturated rings. The van der Waals surface area contributed by atoms with Gasteiger partial charge in [-0.2, -0.15) is 0 Å². The molecule has 82 valence electrons. The normalized spacial score (nSPS) is 10.4. The first-order chi connectivity index (χ1) is 7.61. The van der Waals surface area contributed by atoms with E-state index in [1.54, 1.807) is 13.2 Å². The minimum atomic E-state index is -0.638. The fourth-order valence-corrected chi connectivity index (χ4v) is 1.66. The van der Waals surface area contributed by atoms with Gasteiger partial charge in [-0.25, -0.2) is 9.37 Å². The number of benzene rings is 1. The molecule has 0 saturated carbocycles. The van der Waals surface area contributed by atoms with E-state index in [2.05, 4.69) is 4.98 Å². The molecule has 1 heterocycles. The number of nitrogens with zero attached hydrogens (tertiary/aromatic N) is 2. The highest BCUT2D eigenvalue weighted by Gasteiger charge is 2.20. The Bertz CT molecular complexity index is 530. The summed E-state index contributed by atoms with van der Waals surface area (Å²) in [6.07, 6.45) is 3.09. The van der Waals surface area contributed by atoms with Crippen molar-refractivity contribution < 1.29 is 9.18 Å². The number of hydrogen-bond donors (Lipinski definition) is 0. The van der Waals surface area contributed by atoms with Crippen LogP contribution in [-0.2, 0) is 7.05 Å². The fraction of sp³-hybridized carbons (Fsp3) is 0.0909. The zero-order chi connectivity index (χ0) is 11.7. The molecule has 0 atom stereocenters. The number of carbonyl (C=O) groups is 1. The first-order valence-electron chi connectivity index (χ1n) is 4.57. The summed E-state index contributed by atoms with van der Waals surface area (Å²) in [6.45, 7) is 0. The van der Waals surface area contributed by atoms with Crippen LogP contribution in [0, 0.1) is 5.82 Å². The van der Waals surface area contributed by atoms with E-state index < -0.39 is 11.6 Å². The quantitative estimate of drug-likeness (QED) is 0.754. The van der Waals surface area contributed by atoms with Gasteiger partial charge < -0.3 is 4.57 Å². The molecule has 5 heteroatoms. The molecule has 0 aliphatic heterocycles. The minimum Gasteiger partial charge on any atom is -0.331 e. The third-order valence-corrected chi connectivity index (χ3v) is 2.53. The van der Waals surface area contributed by atoms with Gasteiger partial charge in [-0.3, -0.25) is 4.79 Å². The molecular weight excluding hydrogens is 231 g/mol. The maximum atomic E-state index is 13.5. The van der Waals surface area contributed by atoms with Crippen molar-refractivity contribution in [3.63, 3.8) is 0 Å². The maximum Gasteiger partial charge on any atom is 0.232 e. The standard InChI is InChI=1S/C11H8ClFN2O/c1-15-6-5-14-11(15)10(16)9-7(12)3-2-4-8(9)13/h2-6H,1H3. The average molecular weight is 239 g/mol. The van der Waals surface area contributed by atoms with Gasteiger partial charge in [0, 0.05) is 19.4 Å². The maximum absolute atomic E-state index is 13.5. The van der Waals surface area contributed by atoms with Crippen molar-refractivity contribution in [2.45, 2.75) is 0 Å². The molecule has 0 aliphatic carbocycles. The van der Waals surface area contributed by atoms with Crippen LogP contribution in [-0.4, -0.2) is 15.3 Å². The van der Waals surface area contributed by atoms with Gasteiger partial charge >= 0.3 is 0 Å². The molecule has 0 saturated heterocycles. The number of hydrogen-bond acceptors (Lipinski definition) is 2. The third-order valence-electron chi connectivity index (χ3n) is 2.21. The third kappa shape index (κ3) is 1.72. The monoisotopic (exact) mass is 238 g/mol. The second kappa shape index (κ2) is 4.06. The Kier molecular flexibility index (Phi) is 2.75. The lowest BCUT2D eigenvalue weighted by molar-refractivity contribution is 0.102. The van der Waals surface area contributed by atoms with Crippen LogP contribution in [0.15, 0.2) is 30.6 Å². The zero-order valence-corrected chi connectivity index (χ0v) is 9.20. The number of aryl methyl sites for hydroxylation is 1. The van der Waals surface area contributed by atoms with Gasteiger partial charge in [0.05, 0.1) is 10.6 Å². The predicted molar refractivity (Wildman–Crippen MR) is 58.1 cm³/mol. The molecule has 16 heavy (non-hydrogen) atoms. The fourth-order valence-electron chi connectivity index (χ4n) is 1.41. The topological polar surface area (TPSA) is 34.9 Å². The SMILES string of the molecule is Cn1ccnc1C(=O)c1c(F)cccc1Cl. The molecule has 0 bridgehead atoms. The van der Waals surface area contributed by atoms with Crippen LogP contribution >= 0.6 is 11.6 Å². The van der Waals surface area contributed by atoms with Gasteiger partial charge in [0.25, 0.3) is 0 Å². The van der Waals surface area contributed by atoms with Crippen LogP contribution in [0.3, 0.4) is 0 Å². The van der Waals surface area contributed by atoms with Crippen molar-refractivity contribution in [3.8, 4) is 0 Å². The Morgan fingerprint density at radius 1 is 1.50 bits per heavy atom. The van der Waals surface area contributed by atoms with E-state index in [1.165, 1.54) is 29.0 Å². The molecule has 2 rings (SSSR count). The highest BCUT2D eigenvalue weighted by molar-refractivity contribution is 6.34. The molecule has 0 amide bonds. The Morgan fingerprint density at radius 2 is 2.25 bits per heavy atom. The van der Waals surface area contributed by atoms with Crippen molar-refractivity contribution in [1.82, 2.24) is 9.55 Å². The minimum absolute atomic E-state index is 0.0907. The largest absolute Gasteiger partial charge is 0.331 e. The Morgan fingerprint density at radius 3 is 2.81 bits per heavy atom. The summed E-state index contributed by atoms with van der Waals surface area (Å²) >= 11 is 5.80. The number of rotatable bonds is 2. The van der Waals surface area contributed by atoms with Crippen LogP contribution < -0.4 is 0 Å². The lowest BCUT2D eigenvalue weighted by Gasteiger charge is -2.04. The van der Waals surface area contributed by atoms with Crippen molar-refractivity contribution >= 4 is 17.4 Å². The van der Waals surface area contributed by atoms with Crippen LogP contribution in [0.4, 0.5) is 4.39 Å². The summed E-state index contributed by atoms with van der Waals surface area (Å²) in [5.74, 6) is -0.997. The van der Waals surface area contributed by atoms with Gasteiger partial charge in [-0.15, -0.1) is 0 Å². The summed E-state index contributed by atoms with van der Waals surface area (Å²) in [7, 11) is 1.66. The molecule has 3 nitrogen and oxygen atoms in total. The number of ketones is 1. The smallest absolute Gasteiger partial charge is 0.232 e. The molecule has 1 aromatic heterocycles. The van der Waals surface area contributed by atoms with Gasteiger partial charge in [0.1, 0.15) is 5.82 Å². The van der Waals surface area contributed by atoms with Crippen LogP contribution in [0.1, 0.15) is 16.2 Å². The summed E-state index contributed by atoms with van der Waals surface area (Å²) in [5.41, 5.74) is -0.140. The van der Waals surface area contributed by atoms with E-state index in [-0.39, 0.29) is 16.4 Å². The first kappa shape index (κ1) is 10.8.